The molecule has 1 fully saturated rings. The van der Waals surface area contributed by atoms with Crippen molar-refractivity contribution in [1.82, 2.24) is 4.90 Å². The Morgan fingerprint density at radius 1 is 1.18 bits per heavy atom. The zero-order chi connectivity index (χ0) is 18.9. The first-order valence-electron chi connectivity index (χ1n) is 9.90. The van der Waals surface area contributed by atoms with Crippen LogP contribution < -0.4 is 14.8 Å². The van der Waals surface area contributed by atoms with E-state index in [4.69, 9.17) is 14.2 Å². The predicted octanol–water partition coefficient (Wildman–Crippen LogP) is 3.09. The van der Waals surface area contributed by atoms with Gasteiger partial charge in [-0.15, -0.1) is 0 Å². The van der Waals surface area contributed by atoms with Crippen molar-refractivity contribution < 1.29 is 19.0 Å². The molecule has 2 aromatic carbocycles. The number of nitrogens with one attached hydrogen (secondary N) is 1. The van der Waals surface area contributed by atoms with E-state index >= 15 is 0 Å². The maximum absolute atomic E-state index is 12.3. The van der Waals surface area contributed by atoms with Crippen molar-refractivity contribution >= 4 is 11.6 Å². The average Bonchev–Trinajstić information content (AvgIpc) is 3.40. The lowest BCUT2D eigenvalue weighted by Gasteiger charge is -2.29. The van der Waals surface area contributed by atoms with Gasteiger partial charge in [0.15, 0.2) is 11.5 Å². The third kappa shape index (κ3) is 3.45. The van der Waals surface area contributed by atoms with Crippen LogP contribution in [0.1, 0.15) is 29.5 Å². The molecule has 0 bridgehead atoms. The molecule has 0 radical (unpaired) electrons. The van der Waals surface area contributed by atoms with Crippen LogP contribution in [0.25, 0.3) is 0 Å². The van der Waals surface area contributed by atoms with Crippen LogP contribution in [0.3, 0.4) is 0 Å². The maximum atomic E-state index is 12.3. The van der Waals surface area contributed by atoms with Crippen molar-refractivity contribution in [2.75, 3.05) is 25.3 Å². The maximum Gasteiger partial charge on any atom is 0.253 e. The second-order valence-electron chi connectivity index (χ2n) is 7.59. The molecule has 3 aliphatic rings. The lowest BCUT2D eigenvalue weighted by Crippen LogP contribution is -2.30. The topological polar surface area (TPSA) is 60.0 Å². The molecule has 0 aliphatic carbocycles. The number of carbonyl (C=O) groups excluding carboxylic acids is 1. The summed E-state index contributed by atoms with van der Waals surface area (Å²) in [5, 5.41) is 3.01. The van der Waals surface area contributed by atoms with Crippen LogP contribution >= 0.6 is 0 Å². The van der Waals surface area contributed by atoms with Gasteiger partial charge in [0.2, 0.25) is 6.79 Å². The zero-order valence-corrected chi connectivity index (χ0v) is 15.8. The molecule has 3 heterocycles. The minimum Gasteiger partial charge on any atom is -0.454 e. The van der Waals surface area contributed by atoms with Crippen molar-refractivity contribution in [2.24, 2.45) is 0 Å². The highest BCUT2D eigenvalue weighted by atomic mass is 16.7. The van der Waals surface area contributed by atoms with Gasteiger partial charge in [0.05, 0.1) is 0 Å². The molecule has 28 heavy (non-hydrogen) atoms. The van der Waals surface area contributed by atoms with E-state index in [1.807, 2.05) is 18.2 Å². The molecular formula is C22H24N2O4. The fourth-order valence-corrected chi connectivity index (χ4v) is 4.19. The van der Waals surface area contributed by atoms with Crippen molar-refractivity contribution in [3.63, 3.8) is 0 Å². The SMILES string of the molecule is O=C(Nc1ccc2c(c1)CN(Cc1cccc3c1OCO3)CC2)C1CCCO1. The van der Waals surface area contributed by atoms with Gasteiger partial charge in [0.25, 0.3) is 5.91 Å². The van der Waals surface area contributed by atoms with Crippen molar-refractivity contribution in [2.45, 2.75) is 38.5 Å². The molecule has 1 amide bonds. The van der Waals surface area contributed by atoms with Gasteiger partial charge >= 0.3 is 0 Å². The van der Waals surface area contributed by atoms with Gasteiger partial charge in [0.1, 0.15) is 6.10 Å². The molecule has 1 saturated heterocycles. The van der Waals surface area contributed by atoms with E-state index in [1.165, 1.54) is 11.1 Å². The second kappa shape index (κ2) is 7.45. The molecule has 1 atom stereocenters. The fraction of sp³-hybridized carbons (Fsp3) is 0.409. The summed E-state index contributed by atoms with van der Waals surface area (Å²) in [7, 11) is 0. The molecule has 2 aromatic rings. The Bertz CT molecular complexity index is 892. The summed E-state index contributed by atoms with van der Waals surface area (Å²) in [5.41, 5.74) is 4.62. The van der Waals surface area contributed by atoms with Crippen LogP contribution in [0, 0.1) is 0 Å². The Morgan fingerprint density at radius 3 is 3.04 bits per heavy atom. The first kappa shape index (κ1) is 17.5. The van der Waals surface area contributed by atoms with Crippen LogP contribution in [0.5, 0.6) is 11.5 Å². The summed E-state index contributed by atoms with van der Waals surface area (Å²) in [5.74, 6) is 1.65. The van der Waals surface area contributed by atoms with Crippen molar-refractivity contribution in [1.29, 1.82) is 0 Å². The smallest absolute Gasteiger partial charge is 0.253 e. The molecule has 0 saturated carbocycles. The molecule has 1 unspecified atom stereocenters. The Hall–Kier alpha value is -2.57. The highest BCUT2D eigenvalue weighted by Crippen LogP contribution is 2.36. The zero-order valence-electron chi connectivity index (χ0n) is 15.8. The molecule has 1 N–H and O–H groups in total. The van der Waals surface area contributed by atoms with E-state index in [-0.39, 0.29) is 12.0 Å². The summed E-state index contributed by atoms with van der Waals surface area (Å²) in [6, 6.07) is 12.3. The first-order chi connectivity index (χ1) is 13.8. The molecule has 6 nitrogen and oxygen atoms in total. The summed E-state index contributed by atoms with van der Waals surface area (Å²) in [6.07, 6.45) is 2.45. The lowest BCUT2D eigenvalue weighted by molar-refractivity contribution is -0.124. The van der Waals surface area contributed by atoms with E-state index in [2.05, 4.69) is 28.4 Å². The van der Waals surface area contributed by atoms with Crippen molar-refractivity contribution in [3.8, 4) is 11.5 Å². The van der Waals surface area contributed by atoms with Gasteiger partial charge < -0.3 is 19.5 Å². The minimum atomic E-state index is -0.310. The van der Waals surface area contributed by atoms with E-state index < -0.39 is 0 Å². The Labute approximate surface area is 164 Å². The largest absolute Gasteiger partial charge is 0.454 e. The van der Waals surface area contributed by atoms with Gasteiger partial charge in [-0.3, -0.25) is 9.69 Å². The van der Waals surface area contributed by atoms with E-state index in [0.29, 0.717) is 13.4 Å². The summed E-state index contributed by atoms with van der Waals surface area (Å²) < 4.78 is 16.6. The Balaban J connectivity index is 1.28. The number of carbonyl (C=O) groups is 1. The number of hydrogen-bond donors (Lipinski definition) is 1. The standard InChI is InChI=1S/C22H24N2O4/c25-22(20-5-2-10-26-20)23-18-7-6-15-8-9-24(13-17(15)11-18)12-16-3-1-4-19-21(16)28-14-27-19/h1,3-4,6-7,11,20H,2,5,8-10,12-14H2,(H,23,25). The number of anilines is 1. The number of hydrogen-bond acceptors (Lipinski definition) is 5. The Morgan fingerprint density at radius 2 is 2.14 bits per heavy atom. The predicted molar refractivity (Wildman–Crippen MR) is 104 cm³/mol. The van der Waals surface area contributed by atoms with Crippen LogP contribution in [0.2, 0.25) is 0 Å². The number of amides is 1. The van der Waals surface area contributed by atoms with E-state index in [0.717, 1.165) is 61.6 Å². The molecule has 3 aliphatic heterocycles. The molecular weight excluding hydrogens is 356 g/mol. The third-order valence-corrected chi connectivity index (χ3v) is 5.66. The molecule has 0 aromatic heterocycles. The van der Waals surface area contributed by atoms with Gasteiger partial charge in [-0.05, 0) is 48.6 Å². The quantitative estimate of drug-likeness (QED) is 0.883. The summed E-state index contributed by atoms with van der Waals surface area (Å²) in [6.45, 7) is 3.64. The second-order valence-corrected chi connectivity index (χ2v) is 7.59. The molecule has 0 spiro atoms. The number of ether oxygens (including phenoxy) is 3. The van der Waals surface area contributed by atoms with Crippen LogP contribution in [-0.4, -0.2) is 36.9 Å². The highest BCUT2D eigenvalue weighted by Gasteiger charge is 2.25. The first-order valence-corrected chi connectivity index (χ1v) is 9.90. The van der Waals surface area contributed by atoms with Gasteiger partial charge in [0, 0.05) is 37.5 Å². The van der Waals surface area contributed by atoms with Crippen LogP contribution in [-0.2, 0) is 29.0 Å². The number of nitrogens with zero attached hydrogens (tertiary/aromatic N) is 1. The summed E-state index contributed by atoms with van der Waals surface area (Å²) in [4.78, 5) is 14.7. The average molecular weight is 380 g/mol. The number of rotatable bonds is 4. The van der Waals surface area contributed by atoms with E-state index in [1.54, 1.807) is 0 Å². The van der Waals surface area contributed by atoms with E-state index in [9.17, 15) is 4.79 Å². The van der Waals surface area contributed by atoms with Gasteiger partial charge in [-0.2, -0.15) is 0 Å². The third-order valence-electron chi connectivity index (χ3n) is 5.66. The Kier molecular flexibility index (Phi) is 4.66. The van der Waals surface area contributed by atoms with Gasteiger partial charge in [-0.25, -0.2) is 0 Å². The minimum absolute atomic E-state index is 0.0397. The van der Waals surface area contributed by atoms with Crippen LogP contribution in [0.4, 0.5) is 5.69 Å². The monoisotopic (exact) mass is 380 g/mol. The molecule has 6 heteroatoms. The molecule has 146 valence electrons. The van der Waals surface area contributed by atoms with Gasteiger partial charge in [-0.1, -0.05) is 18.2 Å². The number of fused-ring (bicyclic) bond motifs is 2. The fourth-order valence-electron chi connectivity index (χ4n) is 4.19. The van der Waals surface area contributed by atoms with Crippen LogP contribution in [0.15, 0.2) is 36.4 Å². The highest BCUT2D eigenvalue weighted by molar-refractivity contribution is 5.94. The number of para-hydroxylation sites is 1. The number of benzene rings is 2. The lowest BCUT2D eigenvalue weighted by atomic mass is 9.98. The molecule has 5 rings (SSSR count). The normalized spacial score (nSPS) is 20.8. The van der Waals surface area contributed by atoms with Crippen molar-refractivity contribution in [3.05, 3.63) is 53.1 Å². The summed E-state index contributed by atoms with van der Waals surface area (Å²) >= 11 is 0.